The molecule has 110 valence electrons. The van der Waals surface area contributed by atoms with Gasteiger partial charge in [-0.1, -0.05) is 26.7 Å². The van der Waals surface area contributed by atoms with Gasteiger partial charge in [0.15, 0.2) is 0 Å². The molecular formula is C16H29NO2. The second-order valence-corrected chi connectivity index (χ2v) is 6.80. The second kappa shape index (κ2) is 6.74. The molecule has 3 nitrogen and oxygen atoms in total. The third-order valence-corrected chi connectivity index (χ3v) is 5.23. The van der Waals surface area contributed by atoms with E-state index in [1.54, 1.807) is 0 Å². The van der Waals surface area contributed by atoms with Crippen molar-refractivity contribution in [3.63, 3.8) is 0 Å². The summed E-state index contributed by atoms with van der Waals surface area (Å²) in [6.45, 7) is 5.80. The lowest BCUT2D eigenvalue weighted by Crippen LogP contribution is -2.40. The Morgan fingerprint density at radius 1 is 1.16 bits per heavy atom. The van der Waals surface area contributed by atoms with Crippen LogP contribution in [0.1, 0.15) is 65.2 Å². The first-order chi connectivity index (χ1) is 9.08. The number of rotatable bonds is 4. The second-order valence-electron chi connectivity index (χ2n) is 6.80. The van der Waals surface area contributed by atoms with E-state index in [-0.39, 0.29) is 0 Å². The molecule has 1 aliphatic heterocycles. The molecule has 3 heteroatoms. The largest absolute Gasteiger partial charge is 0.481 e. The lowest BCUT2D eigenvalue weighted by molar-refractivity contribution is -0.138. The van der Waals surface area contributed by atoms with Crippen molar-refractivity contribution in [3.8, 4) is 0 Å². The number of nitrogens with zero attached hydrogens (tertiary/aromatic N) is 1. The third kappa shape index (κ3) is 3.95. The molecule has 0 aromatic carbocycles. The van der Waals surface area contributed by atoms with Crippen LogP contribution in [0, 0.1) is 11.8 Å². The first-order valence-corrected chi connectivity index (χ1v) is 8.05. The summed E-state index contributed by atoms with van der Waals surface area (Å²) in [5.41, 5.74) is 0. The van der Waals surface area contributed by atoms with E-state index in [1.165, 1.54) is 38.5 Å². The van der Waals surface area contributed by atoms with Crippen LogP contribution in [0.25, 0.3) is 0 Å². The highest BCUT2D eigenvalue weighted by atomic mass is 16.4. The van der Waals surface area contributed by atoms with Gasteiger partial charge >= 0.3 is 5.97 Å². The maximum absolute atomic E-state index is 11.0. The Morgan fingerprint density at radius 3 is 2.63 bits per heavy atom. The van der Waals surface area contributed by atoms with Gasteiger partial charge in [0.2, 0.25) is 0 Å². The van der Waals surface area contributed by atoms with Gasteiger partial charge in [0.05, 0.1) is 6.42 Å². The molecule has 3 atom stereocenters. The van der Waals surface area contributed by atoms with Gasteiger partial charge in [-0.05, 0) is 50.5 Å². The summed E-state index contributed by atoms with van der Waals surface area (Å²) in [6, 6.07) is 0.952. The molecule has 0 amide bonds. The highest BCUT2D eigenvalue weighted by Crippen LogP contribution is 2.34. The molecule has 0 bridgehead atoms. The van der Waals surface area contributed by atoms with Crippen LogP contribution in [0.15, 0.2) is 0 Å². The summed E-state index contributed by atoms with van der Waals surface area (Å²) in [4.78, 5) is 13.5. The maximum Gasteiger partial charge on any atom is 0.304 e. The molecule has 1 saturated carbocycles. The normalized spacial score (nSPS) is 33.5. The first-order valence-electron chi connectivity index (χ1n) is 8.05. The molecule has 19 heavy (non-hydrogen) atoms. The van der Waals surface area contributed by atoms with Crippen molar-refractivity contribution in [2.45, 2.75) is 77.3 Å². The minimum atomic E-state index is -0.634. The molecular weight excluding hydrogens is 238 g/mol. The molecule has 2 aliphatic rings. The number of carboxylic acid groups (broad SMARTS) is 1. The molecule has 0 radical (unpaired) electrons. The fraction of sp³-hybridized carbons (Fsp3) is 0.938. The average molecular weight is 267 g/mol. The highest BCUT2D eigenvalue weighted by Gasteiger charge is 2.33. The summed E-state index contributed by atoms with van der Waals surface area (Å²) in [5.74, 6) is 1.04. The van der Waals surface area contributed by atoms with Crippen molar-refractivity contribution in [2.24, 2.45) is 11.8 Å². The smallest absolute Gasteiger partial charge is 0.304 e. The van der Waals surface area contributed by atoms with Crippen molar-refractivity contribution in [3.05, 3.63) is 0 Å². The molecule has 1 saturated heterocycles. The number of aliphatic carboxylic acids is 1. The zero-order valence-electron chi connectivity index (χ0n) is 12.5. The van der Waals surface area contributed by atoms with Crippen molar-refractivity contribution in [2.75, 3.05) is 6.54 Å². The van der Waals surface area contributed by atoms with Crippen molar-refractivity contribution in [1.82, 2.24) is 4.90 Å². The van der Waals surface area contributed by atoms with Gasteiger partial charge in [-0.3, -0.25) is 9.69 Å². The zero-order valence-corrected chi connectivity index (χ0v) is 12.5. The van der Waals surface area contributed by atoms with Gasteiger partial charge in [0, 0.05) is 12.1 Å². The number of carboxylic acids is 1. The van der Waals surface area contributed by atoms with Gasteiger partial charge in [-0.15, -0.1) is 0 Å². The van der Waals surface area contributed by atoms with Crippen LogP contribution in [-0.2, 0) is 4.79 Å². The van der Waals surface area contributed by atoms with Crippen LogP contribution in [0.4, 0.5) is 0 Å². The molecule has 0 aromatic heterocycles. The summed E-state index contributed by atoms with van der Waals surface area (Å²) in [5, 5.41) is 9.03. The molecule has 1 heterocycles. The van der Waals surface area contributed by atoms with Gasteiger partial charge in [0.1, 0.15) is 0 Å². The third-order valence-electron chi connectivity index (χ3n) is 5.23. The molecule has 0 aromatic rings. The highest BCUT2D eigenvalue weighted by molar-refractivity contribution is 5.67. The van der Waals surface area contributed by atoms with Crippen LogP contribution in [0.3, 0.4) is 0 Å². The van der Waals surface area contributed by atoms with Gasteiger partial charge in [-0.25, -0.2) is 0 Å². The summed E-state index contributed by atoms with van der Waals surface area (Å²) in [6.07, 6.45) is 9.18. The van der Waals surface area contributed by atoms with E-state index in [0.717, 1.165) is 24.8 Å². The number of hydrogen-bond donors (Lipinski definition) is 1. The average Bonchev–Trinajstić information content (AvgIpc) is 2.63. The van der Waals surface area contributed by atoms with Crippen molar-refractivity contribution >= 4 is 5.97 Å². The fourth-order valence-corrected chi connectivity index (χ4v) is 4.07. The van der Waals surface area contributed by atoms with Crippen molar-refractivity contribution in [1.29, 1.82) is 0 Å². The molecule has 1 aliphatic carbocycles. The fourth-order valence-electron chi connectivity index (χ4n) is 4.07. The van der Waals surface area contributed by atoms with E-state index in [4.69, 9.17) is 5.11 Å². The van der Waals surface area contributed by atoms with E-state index in [1.807, 2.05) is 0 Å². The molecule has 1 N–H and O–H groups in total. The quantitative estimate of drug-likeness (QED) is 0.792. The molecule has 0 spiro atoms. The first kappa shape index (κ1) is 14.8. The topological polar surface area (TPSA) is 40.5 Å². The monoisotopic (exact) mass is 267 g/mol. The number of carbonyl (C=O) groups is 1. The van der Waals surface area contributed by atoms with E-state index in [9.17, 15) is 4.79 Å². The van der Waals surface area contributed by atoms with E-state index >= 15 is 0 Å². The Hall–Kier alpha value is -0.570. The van der Waals surface area contributed by atoms with E-state index < -0.39 is 5.97 Å². The van der Waals surface area contributed by atoms with Crippen LogP contribution >= 0.6 is 0 Å². The van der Waals surface area contributed by atoms with Crippen LogP contribution in [0.5, 0.6) is 0 Å². The molecule has 2 rings (SSSR count). The van der Waals surface area contributed by atoms with Gasteiger partial charge < -0.3 is 5.11 Å². The predicted octanol–water partition coefficient (Wildman–Crippen LogP) is 3.53. The minimum absolute atomic E-state index is 0.304. The van der Waals surface area contributed by atoms with Gasteiger partial charge in [0.25, 0.3) is 0 Å². The van der Waals surface area contributed by atoms with E-state index in [2.05, 4.69) is 18.7 Å². The number of hydrogen-bond acceptors (Lipinski definition) is 2. The SMILES string of the molecule is CC(C)C1CCCC(N2CCCC2CC(=O)O)CC1. The molecule has 3 unspecified atom stereocenters. The Balaban J connectivity index is 1.91. The lowest BCUT2D eigenvalue weighted by Gasteiger charge is -2.32. The van der Waals surface area contributed by atoms with E-state index in [0.29, 0.717) is 18.5 Å². The predicted molar refractivity (Wildman–Crippen MR) is 77.2 cm³/mol. The Morgan fingerprint density at radius 2 is 1.95 bits per heavy atom. The van der Waals surface area contributed by atoms with Crippen LogP contribution in [0.2, 0.25) is 0 Å². The van der Waals surface area contributed by atoms with Crippen LogP contribution < -0.4 is 0 Å². The molecule has 2 fully saturated rings. The number of likely N-dealkylation sites (tertiary alicyclic amines) is 1. The maximum atomic E-state index is 11.0. The van der Waals surface area contributed by atoms with Crippen molar-refractivity contribution < 1.29 is 9.90 Å². The zero-order chi connectivity index (χ0) is 13.8. The summed E-state index contributed by atoms with van der Waals surface area (Å²) >= 11 is 0. The van der Waals surface area contributed by atoms with Crippen LogP contribution in [-0.4, -0.2) is 34.6 Å². The standard InChI is InChI=1S/C16H29NO2/c1-12(2)13-5-3-6-14(9-8-13)17-10-4-7-15(17)11-16(18)19/h12-15H,3-11H2,1-2H3,(H,18,19). The van der Waals surface area contributed by atoms with Gasteiger partial charge in [-0.2, -0.15) is 0 Å². The summed E-state index contributed by atoms with van der Waals surface area (Å²) in [7, 11) is 0. The Bertz CT molecular complexity index is 303. The Kier molecular flexibility index (Phi) is 5.26. The lowest BCUT2D eigenvalue weighted by atomic mass is 9.89. The minimum Gasteiger partial charge on any atom is -0.481 e. The summed E-state index contributed by atoms with van der Waals surface area (Å²) < 4.78 is 0. The Labute approximate surface area is 117 Å².